The summed E-state index contributed by atoms with van der Waals surface area (Å²) >= 11 is 0. The van der Waals surface area contributed by atoms with Gasteiger partial charge in [-0.2, -0.15) is 0 Å². The van der Waals surface area contributed by atoms with Crippen LogP contribution in [0.25, 0.3) is 0 Å². The molecular formula is C13H18FNO2. The van der Waals surface area contributed by atoms with Crippen molar-refractivity contribution >= 4 is 5.91 Å². The number of carbonyl (C=O) groups is 1. The number of rotatable bonds is 3. The van der Waals surface area contributed by atoms with Gasteiger partial charge in [0.2, 0.25) is 0 Å². The predicted molar refractivity (Wildman–Crippen MR) is 64.4 cm³/mol. The van der Waals surface area contributed by atoms with Gasteiger partial charge in [-0.1, -0.05) is 0 Å². The van der Waals surface area contributed by atoms with E-state index in [-0.39, 0.29) is 17.3 Å². The number of halogens is 1. The summed E-state index contributed by atoms with van der Waals surface area (Å²) in [6, 6.07) is 5.58. The smallest absolute Gasteiger partial charge is 0.261 e. The van der Waals surface area contributed by atoms with Gasteiger partial charge in [0.1, 0.15) is 11.6 Å². The number of benzene rings is 1. The first-order valence-corrected chi connectivity index (χ1v) is 5.52. The molecule has 1 aromatic rings. The molecule has 0 saturated carbocycles. The van der Waals surface area contributed by atoms with E-state index in [1.165, 1.54) is 24.3 Å². The molecule has 0 radical (unpaired) electrons. The minimum Gasteiger partial charge on any atom is -0.481 e. The number of amides is 1. The van der Waals surface area contributed by atoms with Crippen molar-refractivity contribution in [2.45, 2.75) is 39.3 Å². The third kappa shape index (κ3) is 4.85. The molecule has 1 atom stereocenters. The monoisotopic (exact) mass is 239 g/mol. The van der Waals surface area contributed by atoms with E-state index < -0.39 is 6.10 Å². The summed E-state index contributed by atoms with van der Waals surface area (Å²) in [5.74, 6) is -0.0473. The van der Waals surface area contributed by atoms with Crippen LogP contribution < -0.4 is 10.1 Å². The third-order valence-electron chi connectivity index (χ3n) is 1.99. The quantitative estimate of drug-likeness (QED) is 0.880. The highest BCUT2D eigenvalue weighted by atomic mass is 19.1. The molecule has 17 heavy (non-hydrogen) atoms. The zero-order valence-corrected chi connectivity index (χ0v) is 10.6. The average Bonchev–Trinajstić information content (AvgIpc) is 2.19. The summed E-state index contributed by atoms with van der Waals surface area (Å²) in [5.41, 5.74) is -0.294. The van der Waals surface area contributed by atoms with Crippen LogP contribution in [-0.2, 0) is 4.79 Å². The molecule has 1 rings (SSSR count). The average molecular weight is 239 g/mol. The van der Waals surface area contributed by atoms with Crippen LogP contribution in [0.4, 0.5) is 4.39 Å². The van der Waals surface area contributed by atoms with Crippen molar-refractivity contribution in [3.63, 3.8) is 0 Å². The zero-order valence-electron chi connectivity index (χ0n) is 10.6. The molecular weight excluding hydrogens is 221 g/mol. The van der Waals surface area contributed by atoms with E-state index in [0.29, 0.717) is 5.75 Å². The van der Waals surface area contributed by atoms with E-state index in [1.807, 2.05) is 20.8 Å². The first kappa shape index (κ1) is 13.5. The third-order valence-corrected chi connectivity index (χ3v) is 1.99. The Bertz CT molecular complexity index is 381. The fraction of sp³-hybridized carbons (Fsp3) is 0.462. The summed E-state index contributed by atoms with van der Waals surface area (Å²) in [6.45, 7) is 7.35. The second-order valence-corrected chi connectivity index (χ2v) is 4.95. The van der Waals surface area contributed by atoms with Crippen molar-refractivity contribution in [3.8, 4) is 5.75 Å². The van der Waals surface area contributed by atoms with E-state index in [0.717, 1.165) is 0 Å². The Balaban J connectivity index is 2.57. The predicted octanol–water partition coefficient (Wildman–Crippen LogP) is 2.51. The highest BCUT2D eigenvalue weighted by Gasteiger charge is 2.20. The molecule has 0 bridgehead atoms. The Morgan fingerprint density at radius 2 is 1.82 bits per heavy atom. The van der Waals surface area contributed by atoms with Crippen molar-refractivity contribution in [2.24, 2.45) is 0 Å². The summed E-state index contributed by atoms with van der Waals surface area (Å²) in [7, 11) is 0. The molecule has 0 heterocycles. The lowest BCUT2D eigenvalue weighted by atomic mass is 10.1. The first-order valence-electron chi connectivity index (χ1n) is 5.52. The number of ether oxygens (including phenoxy) is 1. The van der Waals surface area contributed by atoms with E-state index in [1.54, 1.807) is 6.92 Å². The van der Waals surface area contributed by atoms with Crippen molar-refractivity contribution in [2.75, 3.05) is 0 Å². The number of hydrogen-bond donors (Lipinski definition) is 1. The van der Waals surface area contributed by atoms with Gasteiger partial charge < -0.3 is 10.1 Å². The molecule has 0 saturated heterocycles. The topological polar surface area (TPSA) is 38.3 Å². The van der Waals surface area contributed by atoms with Crippen molar-refractivity contribution in [1.29, 1.82) is 0 Å². The van der Waals surface area contributed by atoms with Crippen LogP contribution in [0.15, 0.2) is 24.3 Å². The highest BCUT2D eigenvalue weighted by Crippen LogP contribution is 2.13. The van der Waals surface area contributed by atoms with Crippen LogP contribution in [-0.4, -0.2) is 17.6 Å². The molecule has 4 heteroatoms. The lowest BCUT2D eigenvalue weighted by molar-refractivity contribution is -0.128. The van der Waals surface area contributed by atoms with E-state index in [9.17, 15) is 9.18 Å². The zero-order chi connectivity index (χ0) is 13.1. The van der Waals surface area contributed by atoms with E-state index >= 15 is 0 Å². The molecule has 0 fully saturated rings. The maximum absolute atomic E-state index is 12.7. The number of carbonyl (C=O) groups excluding carboxylic acids is 1. The van der Waals surface area contributed by atoms with E-state index in [4.69, 9.17) is 4.74 Å². The lowest BCUT2D eigenvalue weighted by Crippen LogP contribution is -2.46. The Morgan fingerprint density at radius 1 is 1.29 bits per heavy atom. The highest BCUT2D eigenvalue weighted by molar-refractivity contribution is 5.81. The van der Waals surface area contributed by atoms with Gasteiger partial charge >= 0.3 is 0 Å². The van der Waals surface area contributed by atoms with Crippen molar-refractivity contribution in [1.82, 2.24) is 5.32 Å². The van der Waals surface area contributed by atoms with Crippen LogP contribution in [0.2, 0.25) is 0 Å². The summed E-state index contributed by atoms with van der Waals surface area (Å²) < 4.78 is 18.1. The van der Waals surface area contributed by atoms with Crippen LogP contribution in [0.3, 0.4) is 0 Å². The standard InChI is InChI=1S/C13H18FNO2/c1-9(12(16)15-13(2,3)4)17-11-7-5-10(14)6-8-11/h5-9H,1-4H3,(H,15,16)/t9-/m0/s1. The van der Waals surface area contributed by atoms with Gasteiger partial charge in [0.15, 0.2) is 6.10 Å². The van der Waals surface area contributed by atoms with Crippen LogP contribution in [0.5, 0.6) is 5.75 Å². The molecule has 0 aliphatic rings. The molecule has 1 N–H and O–H groups in total. The molecule has 94 valence electrons. The van der Waals surface area contributed by atoms with Gasteiger partial charge in [-0.25, -0.2) is 4.39 Å². The van der Waals surface area contributed by atoms with Gasteiger partial charge in [0.25, 0.3) is 5.91 Å². The largest absolute Gasteiger partial charge is 0.481 e. The van der Waals surface area contributed by atoms with Gasteiger partial charge in [-0.15, -0.1) is 0 Å². The van der Waals surface area contributed by atoms with E-state index in [2.05, 4.69) is 5.32 Å². The fourth-order valence-electron chi connectivity index (χ4n) is 1.24. The lowest BCUT2D eigenvalue weighted by Gasteiger charge is -2.23. The number of nitrogens with one attached hydrogen (secondary N) is 1. The molecule has 0 spiro atoms. The maximum atomic E-state index is 12.7. The maximum Gasteiger partial charge on any atom is 0.261 e. The van der Waals surface area contributed by atoms with Gasteiger partial charge in [0.05, 0.1) is 0 Å². The second kappa shape index (κ2) is 5.17. The van der Waals surface area contributed by atoms with Crippen molar-refractivity contribution in [3.05, 3.63) is 30.1 Å². The van der Waals surface area contributed by atoms with Crippen LogP contribution >= 0.6 is 0 Å². The molecule has 0 unspecified atom stereocenters. The normalized spacial score (nSPS) is 13.0. The van der Waals surface area contributed by atoms with Gasteiger partial charge in [-0.3, -0.25) is 4.79 Å². The molecule has 0 aromatic heterocycles. The van der Waals surface area contributed by atoms with Crippen LogP contribution in [0.1, 0.15) is 27.7 Å². The SMILES string of the molecule is C[C@H](Oc1ccc(F)cc1)C(=O)NC(C)(C)C. The minimum atomic E-state index is -0.611. The molecule has 0 aliphatic heterocycles. The first-order chi connectivity index (χ1) is 7.78. The molecule has 1 amide bonds. The second-order valence-electron chi connectivity index (χ2n) is 4.95. The molecule has 1 aromatic carbocycles. The Labute approximate surface area is 101 Å². The number of hydrogen-bond acceptors (Lipinski definition) is 2. The minimum absolute atomic E-state index is 0.193. The fourth-order valence-corrected chi connectivity index (χ4v) is 1.24. The Hall–Kier alpha value is -1.58. The molecule has 0 aliphatic carbocycles. The molecule has 3 nitrogen and oxygen atoms in total. The van der Waals surface area contributed by atoms with Crippen molar-refractivity contribution < 1.29 is 13.9 Å². The van der Waals surface area contributed by atoms with Crippen LogP contribution in [0, 0.1) is 5.82 Å². The summed E-state index contributed by atoms with van der Waals surface area (Å²) in [5, 5.41) is 2.81. The Morgan fingerprint density at radius 3 is 2.29 bits per heavy atom. The van der Waals surface area contributed by atoms with Gasteiger partial charge in [0, 0.05) is 5.54 Å². The Kier molecular flexibility index (Phi) is 4.10. The van der Waals surface area contributed by atoms with Gasteiger partial charge in [-0.05, 0) is 52.0 Å². The summed E-state index contributed by atoms with van der Waals surface area (Å²) in [6.07, 6.45) is -0.611. The summed E-state index contributed by atoms with van der Waals surface area (Å²) in [4.78, 5) is 11.7.